The van der Waals surface area contributed by atoms with Crippen molar-refractivity contribution in [1.82, 2.24) is 10.1 Å². The molecule has 0 saturated heterocycles. The van der Waals surface area contributed by atoms with Crippen LogP contribution in [0.5, 0.6) is 0 Å². The maximum absolute atomic E-state index is 12.8. The molecular weight excluding hydrogens is 199 g/mol. The quantitative estimate of drug-likeness (QED) is 0.583. The summed E-state index contributed by atoms with van der Waals surface area (Å²) in [4.78, 5) is 3.92. The molecule has 0 radical (unpaired) electrons. The van der Waals surface area contributed by atoms with Crippen LogP contribution in [0.3, 0.4) is 0 Å². The van der Waals surface area contributed by atoms with Crippen LogP contribution < -0.4 is 11.3 Å². The Morgan fingerprint density at radius 1 is 1.47 bits per heavy atom. The second kappa shape index (κ2) is 4.05. The van der Waals surface area contributed by atoms with Crippen LogP contribution in [0.15, 0.2) is 28.8 Å². The lowest BCUT2D eigenvalue weighted by Gasteiger charge is -1.95. The molecule has 0 spiro atoms. The number of benzene rings is 1. The number of hydrazine groups is 1. The van der Waals surface area contributed by atoms with E-state index in [1.807, 2.05) is 0 Å². The van der Waals surface area contributed by atoms with Gasteiger partial charge < -0.3 is 4.52 Å². The Morgan fingerprint density at radius 2 is 2.33 bits per heavy atom. The van der Waals surface area contributed by atoms with Gasteiger partial charge in [0.1, 0.15) is 5.82 Å². The van der Waals surface area contributed by atoms with Gasteiger partial charge in [-0.15, -0.1) is 0 Å². The number of nitrogens with two attached hydrogens (primary N) is 1. The van der Waals surface area contributed by atoms with Gasteiger partial charge in [0.15, 0.2) is 5.82 Å². The normalized spacial score (nSPS) is 10.3. The second-order valence-corrected chi connectivity index (χ2v) is 2.97. The molecule has 0 fully saturated rings. The van der Waals surface area contributed by atoms with Gasteiger partial charge in [-0.05, 0) is 17.7 Å². The van der Waals surface area contributed by atoms with Gasteiger partial charge in [0, 0.05) is 6.42 Å². The maximum atomic E-state index is 12.8. The number of rotatable bonds is 3. The lowest BCUT2D eigenvalue weighted by molar-refractivity contribution is 0.424. The first kappa shape index (κ1) is 9.60. The molecule has 1 aromatic carbocycles. The van der Waals surface area contributed by atoms with Gasteiger partial charge in [-0.1, -0.05) is 17.3 Å². The van der Waals surface area contributed by atoms with E-state index in [-0.39, 0.29) is 11.8 Å². The first-order chi connectivity index (χ1) is 7.28. The average molecular weight is 208 g/mol. The fourth-order valence-corrected chi connectivity index (χ4v) is 1.21. The molecule has 5 nitrogen and oxygen atoms in total. The van der Waals surface area contributed by atoms with E-state index in [1.54, 1.807) is 12.1 Å². The van der Waals surface area contributed by atoms with Crippen LogP contribution in [0.4, 0.5) is 10.4 Å². The van der Waals surface area contributed by atoms with Gasteiger partial charge in [0.2, 0.25) is 0 Å². The molecule has 0 saturated carbocycles. The lowest BCUT2D eigenvalue weighted by atomic mass is 10.1. The first-order valence-electron chi connectivity index (χ1n) is 4.31. The number of nitrogen functional groups attached to an aromatic ring is 1. The molecule has 0 aliphatic carbocycles. The van der Waals surface area contributed by atoms with Gasteiger partial charge in [-0.2, -0.15) is 4.98 Å². The van der Waals surface area contributed by atoms with Crippen LogP contribution in [-0.4, -0.2) is 10.1 Å². The Morgan fingerprint density at radius 3 is 3.00 bits per heavy atom. The molecule has 3 N–H and O–H groups in total. The molecule has 1 heterocycles. The predicted molar refractivity (Wildman–Crippen MR) is 51.3 cm³/mol. The third-order valence-electron chi connectivity index (χ3n) is 1.84. The SMILES string of the molecule is NNc1nc(Cc2cccc(F)c2)no1. The van der Waals surface area contributed by atoms with Crippen molar-refractivity contribution in [1.29, 1.82) is 0 Å². The largest absolute Gasteiger partial charge is 0.335 e. The fraction of sp³-hybridized carbons (Fsp3) is 0.111. The average Bonchev–Trinajstić information content (AvgIpc) is 2.65. The van der Waals surface area contributed by atoms with E-state index in [1.165, 1.54) is 12.1 Å². The van der Waals surface area contributed by atoms with Crippen LogP contribution in [0.2, 0.25) is 0 Å². The van der Waals surface area contributed by atoms with Crippen LogP contribution >= 0.6 is 0 Å². The summed E-state index contributed by atoms with van der Waals surface area (Å²) in [6, 6.07) is 6.36. The van der Waals surface area contributed by atoms with E-state index >= 15 is 0 Å². The van der Waals surface area contributed by atoms with E-state index in [0.29, 0.717) is 12.2 Å². The molecule has 2 aromatic rings. The number of anilines is 1. The number of halogens is 1. The van der Waals surface area contributed by atoms with E-state index < -0.39 is 0 Å². The van der Waals surface area contributed by atoms with Gasteiger partial charge >= 0.3 is 6.01 Å². The lowest BCUT2D eigenvalue weighted by Crippen LogP contribution is -2.06. The van der Waals surface area contributed by atoms with Crippen molar-refractivity contribution in [3.8, 4) is 0 Å². The molecule has 2 rings (SSSR count). The predicted octanol–water partition coefficient (Wildman–Crippen LogP) is 1.09. The van der Waals surface area contributed by atoms with Gasteiger partial charge in [0.25, 0.3) is 0 Å². The highest BCUT2D eigenvalue weighted by Gasteiger charge is 2.05. The highest BCUT2D eigenvalue weighted by Crippen LogP contribution is 2.09. The summed E-state index contributed by atoms with van der Waals surface area (Å²) in [5.41, 5.74) is 3.01. The highest BCUT2D eigenvalue weighted by molar-refractivity contribution is 5.22. The van der Waals surface area contributed by atoms with Crippen molar-refractivity contribution in [3.05, 3.63) is 41.5 Å². The summed E-state index contributed by atoms with van der Waals surface area (Å²) in [7, 11) is 0. The standard InChI is InChI=1S/C9H9FN4O/c10-7-3-1-2-6(4-7)5-8-12-9(13-11)15-14-8/h1-4H,5,11H2,(H,12,13,14). The molecular formula is C9H9FN4O. The van der Waals surface area contributed by atoms with Gasteiger partial charge in [-0.25, -0.2) is 10.2 Å². The van der Waals surface area contributed by atoms with Crippen molar-refractivity contribution in [2.45, 2.75) is 6.42 Å². The zero-order chi connectivity index (χ0) is 10.7. The topological polar surface area (TPSA) is 77.0 Å². The molecule has 0 amide bonds. The van der Waals surface area contributed by atoms with Crippen molar-refractivity contribution >= 4 is 6.01 Å². The minimum absolute atomic E-state index is 0.140. The smallest absolute Gasteiger partial charge is 0.314 e. The maximum Gasteiger partial charge on any atom is 0.335 e. The molecule has 0 atom stereocenters. The molecule has 6 heteroatoms. The summed E-state index contributed by atoms with van der Waals surface area (Å²) in [5, 5.41) is 3.66. The van der Waals surface area contributed by atoms with Crippen molar-refractivity contribution in [2.75, 3.05) is 5.43 Å². The summed E-state index contributed by atoms with van der Waals surface area (Å²) in [6.45, 7) is 0. The summed E-state index contributed by atoms with van der Waals surface area (Å²) >= 11 is 0. The van der Waals surface area contributed by atoms with Crippen LogP contribution in [0.1, 0.15) is 11.4 Å². The summed E-state index contributed by atoms with van der Waals surface area (Å²) in [5.74, 6) is 5.24. The van der Waals surface area contributed by atoms with E-state index in [2.05, 4.69) is 15.6 Å². The molecule has 0 aliphatic rings. The molecule has 78 valence electrons. The van der Waals surface area contributed by atoms with Gasteiger partial charge in [0.05, 0.1) is 0 Å². The first-order valence-corrected chi connectivity index (χ1v) is 4.31. The van der Waals surface area contributed by atoms with Crippen LogP contribution in [0.25, 0.3) is 0 Å². The minimum Gasteiger partial charge on any atom is -0.314 e. The number of aromatic nitrogens is 2. The number of nitrogens with zero attached hydrogens (tertiary/aromatic N) is 2. The van der Waals surface area contributed by atoms with Crippen molar-refractivity contribution in [2.24, 2.45) is 5.84 Å². The van der Waals surface area contributed by atoms with E-state index in [4.69, 9.17) is 10.4 Å². The molecule has 15 heavy (non-hydrogen) atoms. The number of hydrogen-bond acceptors (Lipinski definition) is 5. The van der Waals surface area contributed by atoms with E-state index in [9.17, 15) is 4.39 Å². The third-order valence-corrected chi connectivity index (χ3v) is 1.84. The molecule has 0 bridgehead atoms. The Balaban J connectivity index is 2.14. The second-order valence-electron chi connectivity index (χ2n) is 2.97. The fourth-order valence-electron chi connectivity index (χ4n) is 1.21. The van der Waals surface area contributed by atoms with E-state index in [0.717, 1.165) is 5.56 Å². The highest BCUT2D eigenvalue weighted by atomic mass is 19.1. The zero-order valence-electron chi connectivity index (χ0n) is 7.77. The minimum atomic E-state index is -0.284. The summed E-state index contributed by atoms with van der Waals surface area (Å²) in [6.07, 6.45) is 0.406. The van der Waals surface area contributed by atoms with Crippen molar-refractivity contribution in [3.63, 3.8) is 0 Å². The van der Waals surface area contributed by atoms with Crippen molar-refractivity contribution < 1.29 is 8.91 Å². The number of hydrogen-bond donors (Lipinski definition) is 2. The summed E-state index contributed by atoms with van der Waals surface area (Å²) < 4.78 is 17.6. The Kier molecular flexibility index (Phi) is 2.59. The number of nitrogens with one attached hydrogen (secondary N) is 1. The monoisotopic (exact) mass is 208 g/mol. The van der Waals surface area contributed by atoms with Gasteiger partial charge in [-0.3, -0.25) is 5.43 Å². The Labute approximate surface area is 85.1 Å². The molecule has 0 aliphatic heterocycles. The Hall–Kier alpha value is -1.95. The Bertz CT molecular complexity index is 457. The van der Waals surface area contributed by atoms with Crippen LogP contribution in [0, 0.1) is 5.82 Å². The third kappa shape index (κ3) is 2.29. The zero-order valence-corrected chi connectivity index (χ0v) is 7.77. The molecule has 1 aromatic heterocycles. The van der Waals surface area contributed by atoms with Crippen LogP contribution in [-0.2, 0) is 6.42 Å². The molecule has 0 unspecified atom stereocenters.